The number of hydrogen-bond donors (Lipinski definition) is 0. The smallest absolute Gasteiger partial charge is 0.314 e. The first-order valence-electron chi connectivity index (χ1n) is 9.74. The van der Waals surface area contributed by atoms with Crippen molar-refractivity contribution in [2.75, 3.05) is 6.61 Å². The first kappa shape index (κ1) is 22.0. The van der Waals surface area contributed by atoms with E-state index in [1.54, 1.807) is 30.3 Å². The lowest BCUT2D eigenvalue weighted by Gasteiger charge is -2.11. The second-order valence-electron chi connectivity index (χ2n) is 7.17. The molecule has 32 heavy (non-hydrogen) atoms. The van der Waals surface area contributed by atoms with E-state index in [4.69, 9.17) is 41.5 Å². The zero-order valence-corrected chi connectivity index (χ0v) is 18.8. The van der Waals surface area contributed by atoms with Crippen LogP contribution < -0.4 is 14.9 Å². The predicted octanol–water partition coefficient (Wildman–Crippen LogP) is 6.35. The first-order valence-corrected chi connectivity index (χ1v) is 10.5. The second kappa shape index (κ2) is 9.10. The van der Waals surface area contributed by atoms with Crippen LogP contribution in [0, 0.1) is 13.8 Å². The molecule has 0 bridgehead atoms. The summed E-state index contributed by atoms with van der Waals surface area (Å²) >= 11 is 11.9. The molecule has 0 aliphatic rings. The van der Waals surface area contributed by atoms with Gasteiger partial charge < -0.3 is 18.3 Å². The van der Waals surface area contributed by atoms with Crippen molar-refractivity contribution in [3.05, 3.63) is 80.1 Å². The lowest BCUT2D eigenvalue weighted by Crippen LogP contribution is -2.18. The van der Waals surface area contributed by atoms with Crippen molar-refractivity contribution in [1.29, 1.82) is 0 Å². The maximum Gasteiger partial charge on any atom is 0.314 e. The van der Waals surface area contributed by atoms with Gasteiger partial charge in [0.1, 0.15) is 11.3 Å². The van der Waals surface area contributed by atoms with E-state index in [9.17, 15) is 9.59 Å². The molecule has 0 amide bonds. The van der Waals surface area contributed by atoms with Crippen molar-refractivity contribution in [2.24, 2.45) is 0 Å². The molecule has 0 unspecified atom stereocenters. The van der Waals surface area contributed by atoms with Gasteiger partial charge in [-0.3, -0.25) is 9.59 Å². The van der Waals surface area contributed by atoms with Crippen LogP contribution in [0.4, 0.5) is 0 Å². The summed E-state index contributed by atoms with van der Waals surface area (Å²) in [4.78, 5) is 25.7. The number of halogens is 2. The van der Waals surface area contributed by atoms with Crippen molar-refractivity contribution in [3.63, 3.8) is 0 Å². The van der Waals surface area contributed by atoms with E-state index in [2.05, 4.69) is 0 Å². The summed E-state index contributed by atoms with van der Waals surface area (Å²) in [5.41, 5.74) is 1.63. The molecule has 0 radical (unpaired) electrons. The third-order valence-corrected chi connectivity index (χ3v) is 5.23. The fourth-order valence-electron chi connectivity index (χ4n) is 3.30. The SMILES string of the molecule is Cc1cc(C)c2oc(-c3ccco3)c(OC(=O)CCOc3ccc(Cl)cc3Cl)c(=O)c2c1. The highest BCUT2D eigenvalue weighted by molar-refractivity contribution is 6.35. The standard InChI is InChI=1S/C24H18Cl2O6/c1-13-10-14(2)22-16(11-13)21(28)24(23(32-22)19-4-3-8-29-19)31-20(27)7-9-30-18-6-5-15(25)12-17(18)26/h3-6,8,10-12H,7,9H2,1-2H3. The molecular formula is C24H18Cl2O6. The Kier molecular flexibility index (Phi) is 6.26. The van der Waals surface area contributed by atoms with E-state index in [-0.39, 0.29) is 30.3 Å². The average molecular weight is 473 g/mol. The van der Waals surface area contributed by atoms with Gasteiger partial charge >= 0.3 is 5.97 Å². The van der Waals surface area contributed by atoms with Crippen LogP contribution in [-0.2, 0) is 4.79 Å². The molecule has 2 heterocycles. The van der Waals surface area contributed by atoms with Gasteiger partial charge in [-0.2, -0.15) is 0 Å². The second-order valence-corrected chi connectivity index (χ2v) is 8.02. The lowest BCUT2D eigenvalue weighted by atomic mass is 10.1. The average Bonchev–Trinajstić information content (AvgIpc) is 3.26. The maximum atomic E-state index is 13.2. The van der Waals surface area contributed by atoms with Gasteiger partial charge in [-0.25, -0.2) is 0 Å². The van der Waals surface area contributed by atoms with Crippen LogP contribution in [0.1, 0.15) is 17.5 Å². The molecular weight excluding hydrogens is 455 g/mol. The van der Waals surface area contributed by atoms with Gasteiger partial charge in [0.15, 0.2) is 5.76 Å². The Bertz CT molecular complexity index is 1360. The Morgan fingerprint density at radius 3 is 2.62 bits per heavy atom. The van der Waals surface area contributed by atoms with Crippen LogP contribution in [0.3, 0.4) is 0 Å². The number of hydrogen-bond acceptors (Lipinski definition) is 6. The molecule has 0 aliphatic heterocycles. The summed E-state index contributed by atoms with van der Waals surface area (Å²) in [6, 6.07) is 11.6. The number of carbonyl (C=O) groups excluding carboxylic acids is 1. The molecule has 2 aromatic heterocycles. The Labute approximate surface area is 193 Å². The van der Waals surface area contributed by atoms with Crippen molar-refractivity contribution in [2.45, 2.75) is 20.3 Å². The highest BCUT2D eigenvalue weighted by atomic mass is 35.5. The monoisotopic (exact) mass is 472 g/mol. The number of carbonyl (C=O) groups is 1. The van der Waals surface area contributed by atoms with Gasteiger partial charge in [0.05, 0.1) is 29.7 Å². The Morgan fingerprint density at radius 1 is 1.09 bits per heavy atom. The highest BCUT2D eigenvalue weighted by Gasteiger charge is 2.23. The van der Waals surface area contributed by atoms with E-state index < -0.39 is 11.4 Å². The molecule has 0 spiro atoms. The molecule has 0 saturated carbocycles. The number of benzene rings is 2. The van der Waals surface area contributed by atoms with E-state index in [0.717, 1.165) is 11.1 Å². The summed E-state index contributed by atoms with van der Waals surface area (Å²) in [5, 5.41) is 1.12. The zero-order valence-electron chi connectivity index (χ0n) is 17.2. The molecule has 4 rings (SSSR count). The first-order chi connectivity index (χ1) is 15.3. The minimum Gasteiger partial charge on any atom is -0.491 e. The largest absolute Gasteiger partial charge is 0.491 e. The van der Waals surface area contributed by atoms with Gasteiger partial charge in [0.2, 0.25) is 16.9 Å². The van der Waals surface area contributed by atoms with Gasteiger partial charge in [-0.05, 0) is 61.4 Å². The Hall–Kier alpha value is -3.22. The normalized spacial score (nSPS) is 11.0. The van der Waals surface area contributed by atoms with E-state index in [1.165, 1.54) is 12.3 Å². The molecule has 6 nitrogen and oxygen atoms in total. The van der Waals surface area contributed by atoms with E-state index in [0.29, 0.717) is 26.8 Å². The van der Waals surface area contributed by atoms with Gasteiger partial charge in [0, 0.05) is 5.02 Å². The highest BCUT2D eigenvalue weighted by Crippen LogP contribution is 2.33. The number of esters is 1. The van der Waals surface area contributed by atoms with Crippen LogP contribution in [0.25, 0.3) is 22.5 Å². The third-order valence-electron chi connectivity index (χ3n) is 4.70. The lowest BCUT2D eigenvalue weighted by molar-refractivity contribution is -0.135. The number of ether oxygens (including phenoxy) is 2. The topological polar surface area (TPSA) is 78.9 Å². The number of furan rings is 1. The van der Waals surface area contributed by atoms with Crippen molar-refractivity contribution in [1.82, 2.24) is 0 Å². The maximum absolute atomic E-state index is 13.2. The van der Waals surface area contributed by atoms with E-state index in [1.807, 2.05) is 19.9 Å². The minimum atomic E-state index is -0.668. The molecule has 8 heteroatoms. The summed E-state index contributed by atoms with van der Waals surface area (Å²) in [7, 11) is 0. The van der Waals surface area contributed by atoms with Gasteiger partial charge in [-0.1, -0.05) is 29.3 Å². The quantitative estimate of drug-likeness (QED) is 0.304. The summed E-state index contributed by atoms with van der Waals surface area (Å²) in [5.74, 6) is -0.187. The number of rotatable bonds is 6. The predicted molar refractivity (Wildman–Crippen MR) is 122 cm³/mol. The van der Waals surface area contributed by atoms with Crippen LogP contribution in [0.2, 0.25) is 10.0 Å². The van der Waals surface area contributed by atoms with Gasteiger partial charge in [0.25, 0.3) is 0 Å². The fourth-order valence-corrected chi connectivity index (χ4v) is 3.76. The summed E-state index contributed by atoms with van der Waals surface area (Å²) in [6.07, 6.45) is 1.32. The molecule has 164 valence electrons. The molecule has 2 aromatic carbocycles. The van der Waals surface area contributed by atoms with Crippen LogP contribution in [-0.4, -0.2) is 12.6 Å². The summed E-state index contributed by atoms with van der Waals surface area (Å²) in [6.45, 7) is 3.71. The van der Waals surface area contributed by atoms with Crippen molar-refractivity contribution >= 4 is 40.1 Å². The molecule has 4 aromatic rings. The Morgan fingerprint density at radius 2 is 1.91 bits per heavy atom. The fraction of sp³-hybridized carbons (Fsp3) is 0.167. The molecule has 0 atom stereocenters. The molecule has 0 fully saturated rings. The summed E-state index contributed by atoms with van der Waals surface area (Å²) < 4.78 is 22.3. The molecule has 0 saturated heterocycles. The molecule has 0 N–H and O–H groups in total. The van der Waals surface area contributed by atoms with Gasteiger partial charge in [-0.15, -0.1) is 0 Å². The van der Waals surface area contributed by atoms with Crippen molar-refractivity contribution < 1.29 is 23.1 Å². The molecule has 0 aliphatic carbocycles. The van der Waals surface area contributed by atoms with Crippen LogP contribution >= 0.6 is 23.2 Å². The Balaban J connectivity index is 1.61. The third kappa shape index (κ3) is 4.52. The number of fused-ring (bicyclic) bond motifs is 1. The van der Waals surface area contributed by atoms with Crippen LogP contribution in [0.15, 0.2) is 62.4 Å². The minimum absolute atomic E-state index is 0.00655. The number of aryl methyl sites for hydroxylation is 2. The van der Waals surface area contributed by atoms with Crippen LogP contribution in [0.5, 0.6) is 11.5 Å². The zero-order chi connectivity index (χ0) is 22.8. The van der Waals surface area contributed by atoms with E-state index >= 15 is 0 Å². The van der Waals surface area contributed by atoms with Crippen molar-refractivity contribution in [3.8, 4) is 23.0 Å².